The van der Waals surface area contributed by atoms with Crippen molar-refractivity contribution in [2.24, 2.45) is 0 Å². The topological polar surface area (TPSA) is 63.2 Å². The molecule has 1 aromatic rings. The van der Waals surface area contributed by atoms with Crippen molar-refractivity contribution in [2.45, 2.75) is 26.2 Å². The van der Waals surface area contributed by atoms with Crippen molar-refractivity contribution in [3.05, 3.63) is 0 Å². The van der Waals surface area contributed by atoms with E-state index in [4.69, 9.17) is 4.74 Å². The predicted molar refractivity (Wildman–Crippen MR) is 66.6 cm³/mol. The Morgan fingerprint density at radius 1 is 1.24 bits per heavy atom. The van der Waals surface area contributed by atoms with Gasteiger partial charge in [0.25, 0.3) is 0 Å². The lowest BCUT2D eigenvalue weighted by Gasteiger charge is -2.16. The van der Waals surface area contributed by atoms with Gasteiger partial charge >= 0.3 is 6.01 Å². The highest BCUT2D eigenvalue weighted by molar-refractivity contribution is 5.38. The van der Waals surface area contributed by atoms with E-state index in [0.29, 0.717) is 24.5 Å². The van der Waals surface area contributed by atoms with Gasteiger partial charge in [-0.3, -0.25) is 0 Å². The monoisotopic (exact) mass is 237 g/mol. The molecule has 0 spiro atoms. The molecular formula is C11H19N5O. The van der Waals surface area contributed by atoms with Gasteiger partial charge in [-0.25, -0.2) is 0 Å². The molecule has 1 N–H and O–H groups in total. The molecule has 1 fully saturated rings. The zero-order chi connectivity index (χ0) is 12.1. The van der Waals surface area contributed by atoms with Gasteiger partial charge in [0, 0.05) is 20.1 Å². The number of aromatic nitrogens is 3. The van der Waals surface area contributed by atoms with Gasteiger partial charge in [-0.1, -0.05) is 6.92 Å². The molecule has 94 valence electrons. The van der Waals surface area contributed by atoms with Crippen LogP contribution in [-0.4, -0.2) is 41.7 Å². The molecular weight excluding hydrogens is 218 g/mol. The maximum absolute atomic E-state index is 5.47. The standard InChI is InChI=1S/C11H19N5O/c1-3-8-17-11-14-9(12-2)13-10(15-11)16-6-4-5-7-16/h3-8H2,1-2H3,(H,12,13,14,15). The minimum atomic E-state index is 0.410. The summed E-state index contributed by atoms with van der Waals surface area (Å²) in [6.45, 7) is 4.72. The van der Waals surface area contributed by atoms with E-state index in [0.717, 1.165) is 19.5 Å². The molecule has 6 nitrogen and oxygen atoms in total. The Bertz CT molecular complexity index is 365. The SMILES string of the molecule is CCCOc1nc(NC)nc(N2CCCC2)n1. The molecule has 2 rings (SSSR count). The normalized spacial score (nSPS) is 15.1. The van der Waals surface area contributed by atoms with Crippen molar-refractivity contribution >= 4 is 11.9 Å². The summed E-state index contributed by atoms with van der Waals surface area (Å²) >= 11 is 0. The third-order valence-corrected chi connectivity index (χ3v) is 2.65. The Hall–Kier alpha value is -1.59. The molecule has 0 amide bonds. The number of nitrogens with zero attached hydrogens (tertiary/aromatic N) is 4. The quantitative estimate of drug-likeness (QED) is 0.833. The van der Waals surface area contributed by atoms with Crippen LogP contribution in [0.25, 0.3) is 0 Å². The molecule has 0 aliphatic carbocycles. The molecule has 0 radical (unpaired) electrons. The number of anilines is 2. The van der Waals surface area contributed by atoms with Crippen LogP contribution in [-0.2, 0) is 0 Å². The van der Waals surface area contributed by atoms with Gasteiger partial charge in [0.1, 0.15) is 0 Å². The van der Waals surface area contributed by atoms with E-state index in [-0.39, 0.29) is 0 Å². The minimum Gasteiger partial charge on any atom is -0.463 e. The Balaban J connectivity index is 2.18. The van der Waals surface area contributed by atoms with Gasteiger partial charge in [-0.05, 0) is 19.3 Å². The zero-order valence-corrected chi connectivity index (χ0v) is 10.4. The summed E-state index contributed by atoms with van der Waals surface area (Å²) in [5, 5.41) is 2.94. The van der Waals surface area contributed by atoms with E-state index < -0.39 is 0 Å². The lowest BCUT2D eigenvalue weighted by atomic mass is 10.4. The fraction of sp³-hybridized carbons (Fsp3) is 0.727. The first-order chi connectivity index (χ1) is 8.33. The molecule has 1 saturated heterocycles. The van der Waals surface area contributed by atoms with Crippen LogP contribution in [0.5, 0.6) is 6.01 Å². The molecule has 0 saturated carbocycles. The average Bonchev–Trinajstić information content (AvgIpc) is 2.89. The number of nitrogens with one attached hydrogen (secondary N) is 1. The Morgan fingerprint density at radius 3 is 2.65 bits per heavy atom. The van der Waals surface area contributed by atoms with E-state index in [9.17, 15) is 0 Å². The van der Waals surface area contributed by atoms with Gasteiger partial charge < -0.3 is 15.0 Å². The van der Waals surface area contributed by atoms with Crippen LogP contribution < -0.4 is 15.0 Å². The number of hydrogen-bond acceptors (Lipinski definition) is 6. The van der Waals surface area contributed by atoms with Crippen LogP contribution in [0, 0.1) is 0 Å². The van der Waals surface area contributed by atoms with Crippen LogP contribution >= 0.6 is 0 Å². The van der Waals surface area contributed by atoms with Crippen molar-refractivity contribution in [3.63, 3.8) is 0 Å². The maximum atomic E-state index is 5.47. The lowest BCUT2D eigenvalue weighted by molar-refractivity contribution is 0.292. The summed E-state index contributed by atoms with van der Waals surface area (Å²) in [6, 6.07) is 0.410. The van der Waals surface area contributed by atoms with E-state index >= 15 is 0 Å². The first-order valence-electron chi connectivity index (χ1n) is 6.15. The van der Waals surface area contributed by atoms with Crippen molar-refractivity contribution in [2.75, 3.05) is 37.0 Å². The molecule has 6 heteroatoms. The zero-order valence-electron chi connectivity index (χ0n) is 10.4. The molecule has 0 aromatic carbocycles. The van der Waals surface area contributed by atoms with Crippen LogP contribution in [0.2, 0.25) is 0 Å². The van der Waals surface area contributed by atoms with Crippen LogP contribution in [0.4, 0.5) is 11.9 Å². The maximum Gasteiger partial charge on any atom is 0.323 e. The number of hydrogen-bond donors (Lipinski definition) is 1. The molecule has 0 atom stereocenters. The van der Waals surface area contributed by atoms with Crippen LogP contribution in [0.1, 0.15) is 26.2 Å². The van der Waals surface area contributed by atoms with E-state index in [1.165, 1.54) is 12.8 Å². The second kappa shape index (κ2) is 5.65. The summed E-state index contributed by atoms with van der Waals surface area (Å²) in [5.41, 5.74) is 0. The number of ether oxygens (including phenoxy) is 1. The van der Waals surface area contributed by atoms with Crippen molar-refractivity contribution in [1.82, 2.24) is 15.0 Å². The molecule has 1 aliphatic rings. The average molecular weight is 237 g/mol. The van der Waals surface area contributed by atoms with Crippen molar-refractivity contribution in [1.29, 1.82) is 0 Å². The molecule has 1 aliphatic heterocycles. The Labute approximate surface area is 101 Å². The van der Waals surface area contributed by atoms with Crippen LogP contribution in [0.15, 0.2) is 0 Å². The third kappa shape index (κ3) is 2.95. The third-order valence-electron chi connectivity index (χ3n) is 2.65. The highest BCUT2D eigenvalue weighted by Crippen LogP contribution is 2.19. The minimum absolute atomic E-state index is 0.410. The van der Waals surface area contributed by atoms with E-state index in [1.54, 1.807) is 7.05 Å². The fourth-order valence-electron chi connectivity index (χ4n) is 1.77. The summed E-state index contributed by atoms with van der Waals surface area (Å²) in [5.74, 6) is 1.28. The van der Waals surface area contributed by atoms with Crippen molar-refractivity contribution in [3.8, 4) is 6.01 Å². The van der Waals surface area contributed by atoms with Gasteiger partial charge in [-0.15, -0.1) is 0 Å². The summed E-state index contributed by atoms with van der Waals surface area (Å²) in [7, 11) is 1.80. The first kappa shape index (κ1) is 11.9. The molecule has 0 unspecified atom stereocenters. The van der Waals surface area contributed by atoms with Crippen LogP contribution in [0.3, 0.4) is 0 Å². The molecule has 2 heterocycles. The fourth-order valence-corrected chi connectivity index (χ4v) is 1.77. The molecule has 17 heavy (non-hydrogen) atoms. The Morgan fingerprint density at radius 2 is 2.00 bits per heavy atom. The van der Waals surface area contributed by atoms with E-state index in [1.807, 2.05) is 0 Å². The van der Waals surface area contributed by atoms with Gasteiger partial charge in [-0.2, -0.15) is 15.0 Å². The second-order valence-corrected chi connectivity index (χ2v) is 4.03. The highest BCUT2D eigenvalue weighted by Gasteiger charge is 2.17. The lowest BCUT2D eigenvalue weighted by Crippen LogP contribution is -2.21. The molecule has 0 bridgehead atoms. The van der Waals surface area contributed by atoms with Gasteiger partial charge in [0.05, 0.1) is 6.61 Å². The largest absolute Gasteiger partial charge is 0.463 e. The molecule has 1 aromatic heterocycles. The van der Waals surface area contributed by atoms with E-state index in [2.05, 4.69) is 32.1 Å². The number of rotatable bonds is 5. The summed E-state index contributed by atoms with van der Waals surface area (Å²) < 4.78 is 5.47. The van der Waals surface area contributed by atoms with Crippen molar-refractivity contribution < 1.29 is 4.74 Å². The predicted octanol–water partition coefficient (Wildman–Crippen LogP) is 1.30. The highest BCUT2D eigenvalue weighted by atomic mass is 16.5. The second-order valence-electron chi connectivity index (χ2n) is 4.03. The Kier molecular flexibility index (Phi) is 3.95. The van der Waals surface area contributed by atoms with Gasteiger partial charge in [0.15, 0.2) is 0 Å². The summed E-state index contributed by atoms with van der Waals surface area (Å²) in [4.78, 5) is 15.0. The summed E-state index contributed by atoms with van der Waals surface area (Å²) in [6.07, 6.45) is 3.34. The first-order valence-corrected chi connectivity index (χ1v) is 6.15. The van der Waals surface area contributed by atoms with Gasteiger partial charge in [0.2, 0.25) is 11.9 Å². The smallest absolute Gasteiger partial charge is 0.323 e.